The van der Waals surface area contributed by atoms with Crippen LogP contribution in [0.25, 0.3) is 11.0 Å². The zero-order valence-electron chi connectivity index (χ0n) is 13.0. The molecule has 114 valence electrons. The summed E-state index contributed by atoms with van der Waals surface area (Å²) in [5, 5.41) is 13.6. The summed E-state index contributed by atoms with van der Waals surface area (Å²) in [6.07, 6.45) is 0. The predicted molar refractivity (Wildman–Crippen MR) is 89.8 cm³/mol. The van der Waals surface area contributed by atoms with Crippen molar-refractivity contribution in [3.8, 4) is 0 Å². The molecule has 1 heterocycles. The summed E-state index contributed by atoms with van der Waals surface area (Å²) < 4.78 is 2.04. The van der Waals surface area contributed by atoms with Gasteiger partial charge in [-0.2, -0.15) is 0 Å². The van der Waals surface area contributed by atoms with Gasteiger partial charge in [0.25, 0.3) is 0 Å². The lowest BCUT2D eigenvalue weighted by molar-refractivity contribution is 0.0632. The molecule has 3 rings (SSSR count). The number of aromatic nitrogens is 2. The summed E-state index contributed by atoms with van der Waals surface area (Å²) in [4.78, 5) is 4.65. The summed E-state index contributed by atoms with van der Waals surface area (Å²) >= 11 is 0. The number of nitrogens with one attached hydrogen (secondary N) is 1. The van der Waals surface area contributed by atoms with Crippen LogP contribution in [0.2, 0.25) is 0 Å². The summed E-state index contributed by atoms with van der Waals surface area (Å²) in [7, 11) is 0. The van der Waals surface area contributed by atoms with Crippen LogP contribution in [0.5, 0.6) is 0 Å². The maximum atomic E-state index is 10.2. The summed E-state index contributed by atoms with van der Waals surface area (Å²) in [5.74, 6) is 0.784. The molecule has 0 amide bonds. The molecule has 0 radical (unpaired) electrons. The Morgan fingerprint density at radius 2 is 1.73 bits per heavy atom. The normalized spacial score (nSPS) is 11.8. The Balaban J connectivity index is 1.92. The van der Waals surface area contributed by atoms with Crippen molar-refractivity contribution in [1.82, 2.24) is 9.55 Å². The largest absolute Gasteiger partial charge is 0.389 e. The molecule has 2 N–H and O–H groups in total. The zero-order valence-corrected chi connectivity index (χ0v) is 13.0. The van der Waals surface area contributed by atoms with Crippen molar-refractivity contribution in [3.63, 3.8) is 0 Å². The van der Waals surface area contributed by atoms with E-state index in [4.69, 9.17) is 0 Å². The van der Waals surface area contributed by atoms with Crippen LogP contribution >= 0.6 is 0 Å². The maximum Gasteiger partial charge on any atom is 0.204 e. The topological polar surface area (TPSA) is 50.1 Å². The van der Waals surface area contributed by atoms with E-state index in [0.717, 1.165) is 17.0 Å². The van der Waals surface area contributed by atoms with E-state index in [2.05, 4.69) is 22.4 Å². The minimum Gasteiger partial charge on any atom is -0.389 e. The molecule has 0 unspecified atom stereocenters. The van der Waals surface area contributed by atoms with Crippen LogP contribution in [0.3, 0.4) is 0 Å². The highest BCUT2D eigenvalue weighted by atomic mass is 16.3. The first-order chi connectivity index (χ1) is 10.5. The van der Waals surface area contributed by atoms with E-state index < -0.39 is 5.60 Å². The highest BCUT2D eigenvalue weighted by Crippen LogP contribution is 2.22. The van der Waals surface area contributed by atoms with Crippen LogP contribution in [-0.4, -0.2) is 20.3 Å². The van der Waals surface area contributed by atoms with Gasteiger partial charge in [-0.25, -0.2) is 4.98 Å². The highest BCUT2D eigenvalue weighted by Gasteiger charge is 2.18. The molecule has 0 aliphatic heterocycles. The van der Waals surface area contributed by atoms with Crippen molar-refractivity contribution in [2.75, 3.05) is 5.32 Å². The van der Waals surface area contributed by atoms with E-state index >= 15 is 0 Å². The number of aliphatic hydroxyl groups is 1. The van der Waals surface area contributed by atoms with Gasteiger partial charge in [0.1, 0.15) is 0 Å². The van der Waals surface area contributed by atoms with Gasteiger partial charge in [-0.15, -0.1) is 0 Å². The quantitative estimate of drug-likeness (QED) is 0.758. The van der Waals surface area contributed by atoms with Gasteiger partial charge in [-0.05, 0) is 31.5 Å². The van der Waals surface area contributed by atoms with Gasteiger partial charge in [-0.3, -0.25) is 0 Å². The van der Waals surface area contributed by atoms with Gasteiger partial charge >= 0.3 is 0 Å². The fraction of sp³-hybridized carbons (Fsp3) is 0.278. The molecule has 0 spiro atoms. The number of para-hydroxylation sites is 2. The van der Waals surface area contributed by atoms with Crippen LogP contribution in [-0.2, 0) is 13.1 Å². The number of rotatable bonds is 5. The molecule has 0 saturated heterocycles. The minimum absolute atomic E-state index is 0.491. The Bertz CT molecular complexity index is 757. The van der Waals surface area contributed by atoms with Gasteiger partial charge in [0.05, 0.1) is 23.2 Å². The molecule has 4 nitrogen and oxygen atoms in total. The molecule has 0 atom stereocenters. The number of benzene rings is 2. The van der Waals surface area contributed by atoms with Crippen LogP contribution in [0.1, 0.15) is 19.4 Å². The third kappa shape index (κ3) is 3.28. The van der Waals surface area contributed by atoms with Crippen LogP contribution in [0.4, 0.5) is 5.95 Å². The monoisotopic (exact) mass is 295 g/mol. The molecule has 4 heteroatoms. The zero-order chi connectivity index (χ0) is 15.6. The summed E-state index contributed by atoms with van der Waals surface area (Å²) in [6.45, 7) is 4.81. The highest BCUT2D eigenvalue weighted by molar-refractivity contribution is 5.78. The Morgan fingerprint density at radius 1 is 1.05 bits per heavy atom. The van der Waals surface area contributed by atoms with Crippen molar-refractivity contribution in [2.24, 2.45) is 0 Å². The number of anilines is 1. The maximum absolute atomic E-state index is 10.2. The van der Waals surface area contributed by atoms with E-state index in [-0.39, 0.29) is 0 Å². The number of hydrogen-bond donors (Lipinski definition) is 2. The average molecular weight is 295 g/mol. The first kappa shape index (κ1) is 14.6. The first-order valence-corrected chi connectivity index (χ1v) is 7.48. The first-order valence-electron chi connectivity index (χ1n) is 7.48. The van der Waals surface area contributed by atoms with Crippen molar-refractivity contribution in [3.05, 3.63) is 60.2 Å². The van der Waals surface area contributed by atoms with Gasteiger partial charge in [0.2, 0.25) is 5.95 Å². The predicted octanol–water partition coefficient (Wildman–Crippen LogP) is 3.42. The second kappa shape index (κ2) is 5.81. The number of nitrogens with zero attached hydrogens (tertiary/aromatic N) is 2. The minimum atomic E-state index is -0.799. The lowest BCUT2D eigenvalue weighted by Gasteiger charge is -2.20. The van der Waals surface area contributed by atoms with Gasteiger partial charge in [0.15, 0.2) is 0 Å². The van der Waals surface area contributed by atoms with Crippen molar-refractivity contribution in [1.29, 1.82) is 0 Å². The molecular formula is C18H21N3O. The van der Waals surface area contributed by atoms with E-state index in [1.165, 1.54) is 5.56 Å². The SMILES string of the molecule is CC(C)(O)Cn1c(NCc2ccccc2)nc2ccccc21. The Labute approximate surface area is 130 Å². The van der Waals surface area contributed by atoms with E-state index in [1.54, 1.807) is 0 Å². The number of fused-ring (bicyclic) bond motifs is 1. The molecule has 2 aromatic carbocycles. The molecule has 0 aliphatic rings. The van der Waals surface area contributed by atoms with Gasteiger partial charge < -0.3 is 15.0 Å². The third-order valence-corrected chi connectivity index (χ3v) is 3.49. The van der Waals surface area contributed by atoms with E-state index in [0.29, 0.717) is 13.1 Å². The van der Waals surface area contributed by atoms with Crippen molar-refractivity contribution in [2.45, 2.75) is 32.5 Å². The standard InChI is InChI=1S/C18H21N3O/c1-18(2,22)13-21-16-11-7-6-10-15(16)20-17(21)19-12-14-8-4-3-5-9-14/h3-11,22H,12-13H2,1-2H3,(H,19,20). The Hall–Kier alpha value is -2.33. The molecule has 0 saturated carbocycles. The second-order valence-electron chi connectivity index (χ2n) is 6.16. The fourth-order valence-corrected chi connectivity index (χ4v) is 2.53. The summed E-state index contributed by atoms with van der Waals surface area (Å²) in [5.41, 5.74) is 2.36. The van der Waals surface area contributed by atoms with Crippen LogP contribution in [0.15, 0.2) is 54.6 Å². The third-order valence-electron chi connectivity index (χ3n) is 3.49. The lowest BCUT2D eigenvalue weighted by atomic mass is 10.1. The number of hydrogen-bond acceptors (Lipinski definition) is 3. The van der Waals surface area contributed by atoms with E-state index in [9.17, 15) is 5.11 Å². The van der Waals surface area contributed by atoms with Crippen LogP contribution < -0.4 is 5.32 Å². The molecule has 3 aromatic rings. The lowest BCUT2D eigenvalue weighted by Crippen LogP contribution is -2.27. The van der Waals surface area contributed by atoms with Crippen molar-refractivity contribution < 1.29 is 5.11 Å². The fourth-order valence-electron chi connectivity index (χ4n) is 2.53. The van der Waals surface area contributed by atoms with Crippen molar-refractivity contribution >= 4 is 17.0 Å². The van der Waals surface area contributed by atoms with Gasteiger partial charge in [-0.1, -0.05) is 42.5 Å². The molecular weight excluding hydrogens is 274 g/mol. The number of imidazole rings is 1. The smallest absolute Gasteiger partial charge is 0.204 e. The second-order valence-corrected chi connectivity index (χ2v) is 6.16. The molecule has 0 fully saturated rings. The molecule has 0 bridgehead atoms. The summed E-state index contributed by atoms with van der Waals surface area (Å²) in [6, 6.07) is 18.2. The average Bonchev–Trinajstić information content (AvgIpc) is 2.83. The Morgan fingerprint density at radius 3 is 2.45 bits per heavy atom. The molecule has 0 aliphatic carbocycles. The molecule has 22 heavy (non-hydrogen) atoms. The van der Waals surface area contributed by atoms with Gasteiger partial charge in [0, 0.05) is 6.54 Å². The molecule has 1 aromatic heterocycles. The van der Waals surface area contributed by atoms with E-state index in [1.807, 2.05) is 60.9 Å². The Kier molecular flexibility index (Phi) is 3.86. The van der Waals surface area contributed by atoms with Crippen LogP contribution in [0, 0.1) is 0 Å².